The van der Waals surface area contributed by atoms with Crippen molar-refractivity contribution in [1.82, 2.24) is 9.80 Å². The Bertz CT molecular complexity index is 821. The maximum Gasteiger partial charge on any atom is 0.255 e. The molecule has 0 N–H and O–H groups in total. The van der Waals surface area contributed by atoms with Gasteiger partial charge in [-0.3, -0.25) is 9.59 Å². The average molecular weight is 523 g/mol. The Hall–Kier alpha value is -1.52. The smallest absolute Gasteiger partial charge is 0.255 e. The zero-order valence-corrected chi connectivity index (χ0v) is 21.0. The number of hydrogen-bond acceptors (Lipinski definition) is 6. The standard InChI is InChI=1S/C24H31BrN2O6/c1-12(18-8-30-18)26(13(2)19-9-31-19)23(28)16-6-5-7-17(22(16)25)24(29)27(14(3)20-10-32-20)15(4)21-11-33-21/h5-7,12-15,18-21H,8-11H2,1-4H3. The summed E-state index contributed by atoms with van der Waals surface area (Å²) < 4.78 is 22.5. The molecule has 4 fully saturated rings. The summed E-state index contributed by atoms with van der Waals surface area (Å²) in [6.07, 6.45) is 0.141. The molecule has 0 radical (unpaired) electrons. The molecule has 0 saturated carbocycles. The van der Waals surface area contributed by atoms with Crippen LogP contribution in [-0.4, -0.2) is 96.6 Å². The van der Waals surface area contributed by atoms with Gasteiger partial charge in [-0.05, 0) is 55.8 Å². The first-order valence-corrected chi connectivity index (χ1v) is 12.5. The van der Waals surface area contributed by atoms with Gasteiger partial charge in [0.2, 0.25) is 0 Å². The highest BCUT2D eigenvalue weighted by Gasteiger charge is 2.46. The van der Waals surface area contributed by atoms with E-state index in [1.807, 2.05) is 37.5 Å². The highest BCUT2D eigenvalue weighted by Crippen LogP contribution is 2.33. The third kappa shape index (κ3) is 4.71. The lowest BCUT2D eigenvalue weighted by molar-refractivity contribution is 0.0525. The van der Waals surface area contributed by atoms with E-state index in [1.165, 1.54) is 0 Å². The average Bonchev–Trinajstić information content (AvgIpc) is 3.67. The van der Waals surface area contributed by atoms with E-state index in [9.17, 15) is 9.59 Å². The Morgan fingerprint density at radius 3 is 1.24 bits per heavy atom. The monoisotopic (exact) mass is 522 g/mol. The molecule has 0 aromatic heterocycles. The number of rotatable bonds is 10. The van der Waals surface area contributed by atoms with E-state index in [1.54, 1.807) is 18.2 Å². The van der Waals surface area contributed by atoms with E-state index >= 15 is 0 Å². The first-order chi connectivity index (χ1) is 15.8. The molecule has 9 heteroatoms. The van der Waals surface area contributed by atoms with Crippen LogP contribution in [0.1, 0.15) is 48.4 Å². The lowest BCUT2D eigenvalue weighted by Gasteiger charge is -2.35. The molecule has 1 aromatic carbocycles. The van der Waals surface area contributed by atoms with Crippen LogP contribution in [0.4, 0.5) is 0 Å². The molecule has 4 saturated heterocycles. The van der Waals surface area contributed by atoms with Crippen LogP contribution in [0.2, 0.25) is 0 Å². The Morgan fingerprint density at radius 2 is 1.00 bits per heavy atom. The summed E-state index contributed by atoms with van der Waals surface area (Å²) in [5.74, 6) is -0.266. The van der Waals surface area contributed by atoms with Gasteiger partial charge in [0.15, 0.2) is 0 Å². The van der Waals surface area contributed by atoms with Gasteiger partial charge in [0.25, 0.3) is 11.8 Å². The Morgan fingerprint density at radius 1 is 0.727 bits per heavy atom. The summed E-state index contributed by atoms with van der Waals surface area (Å²) in [4.78, 5) is 31.3. The third-order valence-electron chi connectivity index (χ3n) is 7.27. The first kappa shape index (κ1) is 23.2. The third-order valence-corrected chi connectivity index (χ3v) is 8.13. The normalized spacial score (nSPS) is 30.6. The van der Waals surface area contributed by atoms with Crippen LogP contribution in [0.3, 0.4) is 0 Å². The molecule has 4 heterocycles. The van der Waals surface area contributed by atoms with Crippen molar-refractivity contribution in [2.24, 2.45) is 0 Å². The molecule has 1 aromatic rings. The molecule has 33 heavy (non-hydrogen) atoms. The molecule has 8 unspecified atom stereocenters. The van der Waals surface area contributed by atoms with E-state index < -0.39 is 0 Å². The fourth-order valence-corrected chi connectivity index (χ4v) is 5.28. The topological polar surface area (TPSA) is 90.7 Å². The number of carbonyl (C=O) groups is 2. The molecule has 0 spiro atoms. The van der Waals surface area contributed by atoms with E-state index in [2.05, 4.69) is 15.9 Å². The fourth-order valence-electron chi connectivity index (χ4n) is 4.67. The van der Waals surface area contributed by atoms with E-state index in [-0.39, 0.29) is 60.4 Å². The zero-order valence-electron chi connectivity index (χ0n) is 19.4. The van der Waals surface area contributed by atoms with Crippen LogP contribution in [-0.2, 0) is 18.9 Å². The second-order valence-corrected chi connectivity index (χ2v) is 10.3. The SMILES string of the molecule is CC(C1CO1)N(C(=O)c1cccc(C(=O)N(C(C)C2CO2)C(C)C2CO2)c1Br)C(C)C1CO1. The predicted octanol–water partition coefficient (Wildman–Crippen LogP) is 2.48. The van der Waals surface area contributed by atoms with E-state index in [4.69, 9.17) is 18.9 Å². The minimum Gasteiger partial charge on any atom is -0.371 e. The lowest BCUT2D eigenvalue weighted by atomic mass is 10.0. The first-order valence-electron chi connectivity index (χ1n) is 11.7. The number of nitrogens with zero attached hydrogens (tertiary/aromatic N) is 2. The maximum absolute atomic E-state index is 13.8. The van der Waals surface area contributed by atoms with Crippen molar-refractivity contribution in [2.45, 2.75) is 76.3 Å². The summed E-state index contributed by atoms with van der Waals surface area (Å²) in [6, 6.07) is 4.97. The number of halogens is 1. The number of carbonyl (C=O) groups excluding carboxylic acids is 2. The highest BCUT2D eigenvalue weighted by molar-refractivity contribution is 9.10. The van der Waals surface area contributed by atoms with Gasteiger partial charge in [0, 0.05) is 4.47 Å². The summed E-state index contributed by atoms with van der Waals surface area (Å²) in [7, 11) is 0. The van der Waals surface area contributed by atoms with Gasteiger partial charge in [0.1, 0.15) is 24.4 Å². The highest BCUT2D eigenvalue weighted by atomic mass is 79.9. The number of benzene rings is 1. The van der Waals surface area contributed by atoms with Gasteiger partial charge in [-0.2, -0.15) is 0 Å². The molecule has 0 bridgehead atoms. The minimum absolute atomic E-state index is 0.0352. The lowest BCUT2D eigenvalue weighted by Crippen LogP contribution is -2.50. The molecular weight excluding hydrogens is 492 g/mol. The molecule has 4 aliphatic rings. The Labute approximate surface area is 202 Å². The quantitative estimate of drug-likeness (QED) is 0.438. The Kier molecular flexibility index (Phi) is 6.28. The number of epoxide rings is 4. The van der Waals surface area contributed by atoms with Gasteiger partial charge in [-0.25, -0.2) is 0 Å². The molecule has 8 atom stereocenters. The summed E-state index contributed by atoms with van der Waals surface area (Å²) in [5, 5.41) is 0. The number of amides is 2. The second-order valence-electron chi connectivity index (χ2n) is 9.54. The second kappa shape index (κ2) is 8.92. The molecule has 180 valence electrons. The molecule has 4 aliphatic heterocycles. The predicted molar refractivity (Wildman–Crippen MR) is 123 cm³/mol. The zero-order chi connectivity index (χ0) is 23.4. The van der Waals surface area contributed by atoms with Crippen molar-refractivity contribution in [3.05, 3.63) is 33.8 Å². The van der Waals surface area contributed by atoms with Crippen molar-refractivity contribution >= 4 is 27.7 Å². The van der Waals surface area contributed by atoms with Crippen LogP contribution >= 0.6 is 15.9 Å². The molecule has 8 nitrogen and oxygen atoms in total. The fraction of sp³-hybridized carbons (Fsp3) is 0.667. The summed E-state index contributed by atoms with van der Waals surface area (Å²) >= 11 is 3.61. The molecule has 2 amide bonds. The van der Waals surface area contributed by atoms with Crippen LogP contribution in [0, 0.1) is 0 Å². The minimum atomic E-state index is -0.133. The van der Waals surface area contributed by atoms with Gasteiger partial charge in [-0.1, -0.05) is 6.07 Å². The van der Waals surface area contributed by atoms with Crippen molar-refractivity contribution in [1.29, 1.82) is 0 Å². The van der Waals surface area contributed by atoms with E-state index in [0.717, 1.165) is 0 Å². The molecule has 0 aliphatic carbocycles. The van der Waals surface area contributed by atoms with Crippen LogP contribution < -0.4 is 0 Å². The van der Waals surface area contributed by atoms with Crippen molar-refractivity contribution in [3.63, 3.8) is 0 Å². The van der Waals surface area contributed by atoms with Crippen LogP contribution in [0.5, 0.6) is 0 Å². The van der Waals surface area contributed by atoms with E-state index in [0.29, 0.717) is 42.0 Å². The van der Waals surface area contributed by atoms with Crippen molar-refractivity contribution < 1.29 is 28.5 Å². The summed E-state index contributed by atoms with van der Waals surface area (Å²) in [5.41, 5.74) is 0.929. The number of hydrogen-bond donors (Lipinski definition) is 0. The largest absolute Gasteiger partial charge is 0.371 e. The van der Waals surface area contributed by atoms with Crippen LogP contribution in [0.15, 0.2) is 22.7 Å². The molecular formula is C24H31BrN2O6. The van der Waals surface area contributed by atoms with Gasteiger partial charge in [0.05, 0.1) is 61.7 Å². The molecule has 5 rings (SSSR count). The van der Waals surface area contributed by atoms with Crippen molar-refractivity contribution in [3.8, 4) is 0 Å². The van der Waals surface area contributed by atoms with Gasteiger partial charge < -0.3 is 28.7 Å². The van der Waals surface area contributed by atoms with Gasteiger partial charge in [-0.15, -0.1) is 0 Å². The van der Waals surface area contributed by atoms with Crippen LogP contribution in [0.25, 0.3) is 0 Å². The van der Waals surface area contributed by atoms with Crippen molar-refractivity contribution in [2.75, 3.05) is 26.4 Å². The Balaban J connectivity index is 1.44. The summed E-state index contributed by atoms with van der Waals surface area (Å²) in [6.45, 7) is 10.6. The maximum atomic E-state index is 13.8. The van der Waals surface area contributed by atoms with Gasteiger partial charge >= 0.3 is 0 Å². The number of ether oxygens (including phenoxy) is 4.